The summed E-state index contributed by atoms with van der Waals surface area (Å²) < 4.78 is 0. The number of hydrogen-bond acceptors (Lipinski definition) is 3. The fourth-order valence-electron chi connectivity index (χ4n) is 3.65. The van der Waals surface area contributed by atoms with Gasteiger partial charge in [-0.05, 0) is 23.6 Å². The quantitative estimate of drug-likeness (QED) is 0.721. The van der Waals surface area contributed by atoms with Gasteiger partial charge in [-0.3, -0.25) is 0 Å². The second-order valence-corrected chi connectivity index (χ2v) is 6.74. The average Bonchev–Trinajstić information content (AvgIpc) is 2.68. The Kier molecular flexibility index (Phi) is 4.66. The number of likely N-dealkylation sites (N-methyl/N-ethyl adjacent to an activating group) is 1. The standard InChI is InChI=1S/C22H25N3/c1-2-24-12-14-25(15-13-24)22-21-11-7-6-10-19(21)17-20(23-22)16-18-8-4-3-5-9-18/h3-11,17H,2,12-16H2,1H3. The Hall–Kier alpha value is -2.39. The van der Waals surface area contributed by atoms with Crippen LogP contribution in [0.25, 0.3) is 10.8 Å². The molecule has 0 spiro atoms. The van der Waals surface area contributed by atoms with Crippen LogP contribution in [0.4, 0.5) is 5.82 Å². The first-order valence-electron chi connectivity index (χ1n) is 9.23. The van der Waals surface area contributed by atoms with Crippen molar-refractivity contribution in [2.24, 2.45) is 0 Å². The number of rotatable bonds is 4. The van der Waals surface area contributed by atoms with E-state index >= 15 is 0 Å². The lowest BCUT2D eigenvalue weighted by Gasteiger charge is -2.35. The first kappa shape index (κ1) is 16.1. The van der Waals surface area contributed by atoms with Crippen LogP contribution in [0.2, 0.25) is 0 Å². The molecule has 1 aromatic heterocycles. The van der Waals surface area contributed by atoms with Gasteiger partial charge in [0.2, 0.25) is 0 Å². The third kappa shape index (κ3) is 3.52. The number of hydrogen-bond donors (Lipinski definition) is 0. The Bertz CT molecular complexity index is 836. The molecule has 1 aliphatic rings. The summed E-state index contributed by atoms with van der Waals surface area (Å²) >= 11 is 0. The molecule has 0 aliphatic carbocycles. The molecule has 0 amide bonds. The van der Waals surface area contributed by atoms with Crippen LogP contribution in [-0.2, 0) is 6.42 Å². The fourth-order valence-corrected chi connectivity index (χ4v) is 3.65. The number of anilines is 1. The van der Waals surface area contributed by atoms with E-state index in [0.717, 1.165) is 50.7 Å². The van der Waals surface area contributed by atoms with E-state index in [9.17, 15) is 0 Å². The molecule has 0 atom stereocenters. The van der Waals surface area contributed by atoms with Gasteiger partial charge in [-0.25, -0.2) is 4.98 Å². The van der Waals surface area contributed by atoms with Gasteiger partial charge < -0.3 is 9.80 Å². The van der Waals surface area contributed by atoms with E-state index in [1.54, 1.807) is 0 Å². The van der Waals surface area contributed by atoms with Gasteiger partial charge in [-0.2, -0.15) is 0 Å². The smallest absolute Gasteiger partial charge is 0.136 e. The number of aromatic nitrogens is 1. The first-order valence-corrected chi connectivity index (χ1v) is 9.23. The number of pyridine rings is 1. The Morgan fingerprint density at radius 3 is 2.36 bits per heavy atom. The van der Waals surface area contributed by atoms with Crippen LogP contribution in [-0.4, -0.2) is 42.6 Å². The minimum absolute atomic E-state index is 0.883. The lowest BCUT2D eigenvalue weighted by Crippen LogP contribution is -2.46. The largest absolute Gasteiger partial charge is 0.354 e. The Morgan fingerprint density at radius 1 is 0.880 bits per heavy atom. The zero-order chi connectivity index (χ0) is 17.1. The van der Waals surface area contributed by atoms with Crippen LogP contribution in [0, 0.1) is 0 Å². The molecule has 2 heterocycles. The minimum Gasteiger partial charge on any atom is -0.354 e. The van der Waals surface area contributed by atoms with E-state index in [0.29, 0.717) is 0 Å². The van der Waals surface area contributed by atoms with Gasteiger partial charge in [0, 0.05) is 43.7 Å². The molecule has 0 N–H and O–H groups in total. The summed E-state index contributed by atoms with van der Waals surface area (Å²) in [5.74, 6) is 1.15. The van der Waals surface area contributed by atoms with Gasteiger partial charge >= 0.3 is 0 Å². The van der Waals surface area contributed by atoms with Crippen molar-refractivity contribution in [3.05, 3.63) is 71.9 Å². The van der Waals surface area contributed by atoms with Crippen molar-refractivity contribution >= 4 is 16.6 Å². The Labute approximate surface area is 149 Å². The normalized spacial score (nSPS) is 15.6. The Morgan fingerprint density at radius 2 is 1.60 bits per heavy atom. The van der Waals surface area contributed by atoms with Gasteiger partial charge in [0.05, 0.1) is 0 Å². The summed E-state index contributed by atoms with van der Waals surface area (Å²) in [6, 6.07) is 21.5. The molecule has 1 fully saturated rings. The van der Waals surface area contributed by atoms with Crippen LogP contribution in [0.1, 0.15) is 18.2 Å². The summed E-state index contributed by atoms with van der Waals surface area (Å²) in [5.41, 5.74) is 2.46. The molecular weight excluding hydrogens is 306 g/mol. The zero-order valence-corrected chi connectivity index (χ0v) is 14.9. The van der Waals surface area contributed by atoms with Gasteiger partial charge in [-0.1, -0.05) is 61.5 Å². The highest BCUT2D eigenvalue weighted by Gasteiger charge is 2.19. The van der Waals surface area contributed by atoms with Crippen molar-refractivity contribution in [2.45, 2.75) is 13.3 Å². The number of piperazine rings is 1. The first-order chi connectivity index (χ1) is 12.3. The zero-order valence-electron chi connectivity index (χ0n) is 14.9. The SMILES string of the molecule is CCN1CCN(c2nc(Cc3ccccc3)cc3ccccc23)CC1. The fraction of sp³-hybridized carbons (Fsp3) is 0.318. The topological polar surface area (TPSA) is 19.4 Å². The third-order valence-corrected chi connectivity index (χ3v) is 5.12. The lowest BCUT2D eigenvalue weighted by molar-refractivity contribution is 0.270. The summed E-state index contributed by atoms with van der Waals surface area (Å²) in [6.45, 7) is 7.73. The van der Waals surface area contributed by atoms with Crippen LogP contribution < -0.4 is 4.90 Å². The number of benzene rings is 2. The van der Waals surface area contributed by atoms with Gasteiger partial charge in [-0.15, -0.1) is 0 Å². The van der Waals surface area contributed by atoms with Crippen molar-refractivity contribution in [3.63, 3.8) is 0 Å². The summed E-state index contributed by atoms with van der Waals surface area (Å²) in [5, 5.41) is 2.56. The van der Waals surface area contributed by atoms with E-state index in [2.05, 4.69) is 77.4 Å². The predicted molar refractivity (Wildman–Crippen MR) is 105 cm³/mol. The molecule has 128 valence electrons. The van der Waals surface area contributed by atoms with Crippen LogP contribution in [0.3, 0.4) is 0 Å². The highest BCUT2D eigenvalue weighted by atomic mass is 15.3. The van der Waals surface area contributed by atoms with Crippen molar-refractivity contribution < 1.29 is 0 Å². The van der Waals surface area contributed by atoms with E-state index < -0.39 is 0 Å². The molecule has 2 aromatic carbocycles. The summed E-state index contributed by atoms with van der Waals surface area (Å²) in [6.07, 6.45) is 0.883. The van der Waals surface area contributed by atoms with Crippen LogP contribution in [0.15, 0.2) is 60.7 Å². The molecule has 25 heavy (non-hydrogen) atoms. The molecule has 3 heteroatoms. The lowest BCUT2D eigenvalue weighted by atomic mass is 10.1. The van der Waals surface area contributed by atoms with Crippen molar-refractivity contribution in [2.75, 3.05) is 37.6 Å². The molecule has 1 saturated heterocycles. The Balaban J connectivity index is 1.69. The third-order valence-electron chi connectivity index (χ3n) is 5.12. The molecule has 1 aliphatic heterocycles. The maximum Gasteiger partial charge on any atom is 0.136 e. The highest BCUT2D eigenvalue weighted by Crippen LogP contribution is 2.27. The van der Waals surface area contributed by atoms with Crippen molar-refractivity contribution in [1.29, 1.82) is 0 Å². The molecule has 0 bridgehead atoms. The van der Waals surface area contributed by atoms with E-state index in [1.165, 1.54) is 16.3 Å². The summed E-state index contributed by atoms with van der Waals surface area (Å²) in [4.78, 5) is 10.0. The minimum atomic E-state index is 0.883. The maximum atomic E-state index is 5.08. The molecular formula is C22H25N3. The monoisotopic (exact) mass is 331 g/mol. The molecule has 3 nitrogen and oxygen atoms in total. The van der Waals surface area contributed by atoms with Crippen LogP contribution in [0.5, 0.6) is 0 Å². The van der Waals surface area contributed by atoms with Crippen molar-refractivity contribution in [1.82, 2.24) is 9.88 Å². The van der Waals surface area contributed by atoms with Gasteiger partial charge in [0.1, 0.15) is 5.82 Å². The number of fused-ring (bicyclic) bond motifs is 1. The summed E-state index contributed by atoms with van der Waals surface area (Å²) in [7, 11) is 0. The molecule has 0 unspecified atom stereocenters. The van der Waals surface area contributed by atoms with Gasteiger partial charge in [0.15, 0.2) is 0 Å². The molecule has 4 rings (SSSR count). The van der Waals surface area contributed by atoms with Crippen molar-refractivity contribution in [3.8, 4) is 0 Å². The predicted octanol–water partition coefficient (Wildman–Crippen LogP) is 3.97. The molecule has 3 aromatic rings. The molecule has 0 saturated carbocycles. The highest BCUT2D eigenvalue weighted by molar-refractivity contribution is 5.92. The second kappa shape index (κ2) is 7.24. The van der Waals surface area contributed by atoms with E-state index in [1.807, 2.05) is 0 Å². The maximum absolute atomic E-state index is 5.08. The van der Waals surface area contributed by atoms with Gasteiger partial charge in [0.25, 0.3) is 0 Å². The van der Waals surface area contributed by atoms with Crippen LogP contribution >= 0.6 is 0 Å². The molecule has 0 radical (unpaired) electrons. The van der Waals surface area contributed by atoms with E-state index in [-0.39, 0.29) is 0 Å². The second-order valence-electron chi connectivity index (χ2n) is 6.74. The number of nitrogens with zero attached hydrogens (tertiary/aromatic N) is 3. The average molecular weight is 331 g/mol. The van der Waals surface area contributed by atoms with E-state index in [4.69, 9.17) is 4.98 Å².